The maximum atomic E-state index is 12.4. The average Bonchev–Trinajstić information content (AvgIpc) is 2.78. The molecule has 1 saturated carbocycles. The second-order valence-electron chi connectivity index (χ2n) is 5.83. The number of ether oxygens (including phenoxy) is 1. The Morgan fingerprint density at radius 2 is 1.62 bits per heavy atom. The molecule has 0 radical (unpaired) electrons. The summed E-state index contributed by atoms with van der Waals surface area (Å²) in [7, 11) is 0. The molecule has 0 saturated heterocycles. The van der Waals surface area contributed by atoms with Crippen LogP contribution in [0, 0.1) is 0 Å². The highest BCUT2D eigenvalue weighted by Crippen LogP contribution is 2.31. The number of benzene rings is 1. The van der Waals surface area contributed by atoms with Gasteiger partial charge in [-0.25, -0.2) is 0 Å². The van der Waals surface area contributed by atoms with E-state index in [-0.39, 0.29) is 24.0 Å². The Labute approximate surface area is 125 Å². The highest BCUT2D eigenvalue weighted by Gasteiger charge is 2.40. The number of carbonyl (C=O) groups excluding carboxylic acids is 2. The fourth-order valence-corrected chi connectivity index (χ4v) is 3.29. The lowest BCUT2D eigenvalue weighted by Crippen LogP contribution is -2.43. The van der Waals surface area contributed by atoms with Crippen LogP contribution in [0.2, 0.25) is 0 Å². The highest BCUT2D eigenvalue weighted by atomic mass is 16.5. The third-order valence-corrected chi connectivity index (χ3v) is 4.39. The van der Waals surface area contributed by atoms with E-state index in [0.29, 0.717) is 11.1 Å². The van der Waals surface area contributed by atoms with E-state index in [1.54, 1.807) is 12.1 Å². The van der Waals surface area contributed by atoms with Crippen molar-refractivity contribution in [2.45, 2.75) is 51.2 Å². The van der Waals surface area contributed by atoms with Crippen LogP contribution in [0.15, 0.2) is 24.3 Å². The Morgan fingerprint density at radius 3 is 2.14 bits per heavy atom. The minimum atomic E-state index is -0.131. The van der Waals surface area contributed by atoms with Crippen LogP contribution >= 0.6 is 0 Å². The number of nitrogens with zero attached hydrogens (tertiary/aromatic N) is 1. The fraction of sp³-hybridized carbons (Fsp3) is 0.529. The van der Waals surface area contributed by atoms with E-state index in [2.05, 4.69) is 6.92 Å². The number of imide groups is 1. The second-order valence-corrected chi connectivity index (χ2v) is 5.83. The van der Waals surface area contributed by atoms with Gasteiger partial charge in [0.1, 0.15) is 0 Å². The van der Waals surface area contributed by atoms with E-state index >= 15 is 0 Å². The molecule has 0 N–H and O–H groups in total. The molecule has 1 aliphatic carbocycles. The number of rotatable bonds is 4. The van der Waals surface area contributed by atoms with Crippen molar-refractivity contribution in [3.63, 3.8) is 0 Å². The van der Waals surface area contributed by atoms with E-state index < -0.39 is 0 Å². The van der Waals surface area contributed by atoms with E-state index in [1.165, 1.54) is 4.90 Å². The van der Waals surface area contributed by atoms with Crippen LogP contribution in [0.1, 0.15) is 59.7 Å². The SMILES string of the molecule is CCCOC1CCC(N2C(=O)c3ccccc3C2=O)CC1. The molecule has 0 unspecified atom stereocenters. The molecule has 2 amide bonds. The summed E-state index contributed by atoms with van der Waals surface area (Å²) in [5, 5.41) is 0. The Morgan fingerprint density at radius 1 is 1.05 bits per heavy atom. The van der Waals surface area contributed by atoms with E-state index in [4.69, 9.17) is 4.74 Å². The molecule has 3 rings (SSSR count). The van der Waals surface area contributed by atoms with Gasteiger partial charge < -0.3 is 4.74 Å². The Bertz CT molecular complexity index is 512. The summed E-state index contributed by atoms with van der Waals surface area (Å²) in [6.45, 7) is 2.90. The quantitative estimate of drug-likeness (QED) is 0.800. The van der Waals surface area contributed by atoms with E-state index in [0.717, 1.165) is 38.7 Å². The first-order valence-electron chi connectivity index (χ1n) is 7.81. The molecule has 0 atom stereocenters. The first kappa shape index (κ1) is 14.3. The molecule has 1 aromatic rings. The molecule has 4 heteroatoms. The minimum absolute atomic E-state index is 0.0267. The third kappa shape index (κ3) is 2.60. The molecular weight excluding hydrogens is 266 g/mol. The monoisotopic (exact) mass is 287 g/mol. The summed E-state index contributed by atoms with van der Waals surface area (Å²) in [5.41, 5.74) is 1.10. The Balaban J connectivity index is 1.67. The van der Waals surface area contributed by atoms with Crippen molar-refractivity contribution < 1.29 is 14.3 Å². The summed E-state index contributed by atoms with van der Waals surface area (Å²) in [4.78, 5) is 26.3. The van der Waals surface area contributed by atoms with Gasteiger partial charge in [-0.1, -0.05) is 19.1 Å². The molecule has 2 aliphatic rings. The lowest BCUT2D eigenvalue weighted by atomic mass is 9.92. The molecule has 1 fully saturated rings. The summed E-state index contributed by atoms with van der Waals surface area (Å²) in [6.07, 6.45) is 4.87. The lowest BCUT2D eigenvalue weighted by Gasteiger charge is -2.33. The first-order valence-corrected chi connectivity index (χ1v) is 7.81. The van der Waals surface area contributed by atoms with Gasteiger partial charge in [0.15, 0.2) is 0 Å². The van der Waals surface area contributed by atoms with Crippen LogP contribution in [0.3, 0.4) is 0 Å². The maximum absolute atomic E-state index is 12.4. The predicted octanol–water partition coefficient (Wildman–Crippen LogP) is 3.02. The molecule has 0 aromatic heterocycles. The minimum Gasteiger partial charge on any atom is -0.378 e. The molecule has 21 heavy (non-hydrogen) atoms. The zero-order chi connectivity index (χ0) is 14.8. The van der Waals surface area contributed by atoms with Crippen molar-refractivity contribution >= 4 is 11.8 Å². The second kappa shape index (κ2) is 5.98. The Hall–Kier alpha value is -1.68. The topological polar surface area (TPSA) is 46.6 Å². The van der Waals surface area contributed by atoms with Crippen molar-refractivity contribution in [1.29, 1.82) is 0 Å². The molecule has 0 spiro atoms. The standard InChI is InChI=1S/C17H21NO3/c1-2-11-21-13-9-7-12(8-10-13)18-16(19)14-5-3-4-6-15(14)17(18)20/h3-6,12-13H,2,7-11H2,1H3. The molecule has 112 valence electrons. The molecule has 1 aliphatic heterocycles. The van der Waals surface area contributed by atoms with Gasteiger partial charge in [-0.05, 0) is 44.2 Å². The average molecular weight is 287 g/mol. The molecule has 4 nitrogen and oxygen atoms in total. The summed E-state index contributed by atoms with van der Waals surface area (Å²) in [5.74, 6) is -0.262. The first-order chi connectivity index (χ1) is 10.2. The third-order valence-electron chi connectivity index (χ3n) is 4.39. The summed E-state index contributed by atoms with van der Waals surface area (Å²) < 4.78 is 5.77. The molecule has 1 aromatic carbocycles. The van der Waals surface area contributed by atoms with Crippen LogP contribution in [-0.2, 0) is 4.74 Å². The van der Waals surface area contributed by atoms with E-state index in [1.807, 2.05) is 12.1 Å². The largest absolute Gasteiger partial charge is 0.378 e. The van der Waals surface area contributed by atoms with Crippen molar-refractivity contribution in [3.05, 3.63) is 35.4 Å². The van der Waals surface area contributed by atoms with Crippen LogP contribution in [0.25, 0.3) is 0 Å². The smallest absolute Gasteiger partial charge is 0.261 e. The van der Waals surface area contributed by atoms with Crippen molar-refractivity contribution in [3.8, 4) is 0 Å². The number of carbonyl (C=O) groups is 2. The van der Waals surface area contributed by atoms with Crippen LogP contribution in [0.4, 0.5) is 0 Å². The Kier molecular flexibility index (Phi) is 4.06. The predicted molar refractivity (Wildman–Crippen MR) is 79.2 cm³/mol. The lowest BCUT2D eigenvalue weighted by molar-refractivity contribution is 0.00962. The maximum Gasteiger partial charge on any atom is 0.261 e. The van der Waals surface area contributed by atoms with Gasteiger partial charge in [-0.3, -0.25) is 14.5 Å². The zero-order valence-electron chi connectivity index (χ0n) is 12.4. The van der Waals surface area contributed by atoms with Gasteiger partial charge in [0.05, 0.1) is 17.2 Å². The van der Waals surface area contributed by atoms with Crippen LogP contribution in [-0.4, -0.2) is 35.5 Å². The number of hydrogen-bond donors (Lipinski definition) is 0. The summed E-state index contributed by atoms with van der Waals surface area (Å²) >= 11 is 0. The van der Waals surface area contributed by atoms with Crippen LogP contribution in [0.5, 0.6) is 0 Å². The van der Waals surface area contributed by atoms with Crippen molar-refractivity contribution in [2.75, 3.05) is 6.61 Å². The van der Waals surface area contributed by atoms with Crippen molar-refractivity contribution in [1.82, 2.24) is 4.90 Å². The van der Waals surface area contributed by atoms with Gasteiger partial charge in [-0.15, -0.1) is 0 Å². The molecule has 0 bridgehead atoms. The van der Waals surface area contributed by atoms with Crippen molar-refractivity contribution in [2.24, 2.45) is 0 Å². The number of amides is 2. The fourth-order valence-electron chi connectivity index (χ4n) is 3.29. The van der Waals surface area contributed by atoms with Gasteiger partial charge in [0.25, 0.3) is 11.8 Å². The number of hydrogen-bond acceptors (Lipinski definition) is 3. The van der Waals surface area contributed by atoms with Gasteiger partial charge in [0.2, 0.25) is 0 Å². The normalized spacial score (nSPS) is 25.3. The summed E-state index contributed by atoms with van der Waals surface area (Å²) in [6, 6.07) is 7.13. The van der Waals surface area contributed by atoms with Crippen LogP contribution < -0.4 is 0 Å². The van der Waals surface area contributed by atoms with Gasteiger partial charge in [-0.2, -0.15) is 0 Å². The molecule has 1 heterocycles. The van der Waals surface area contributed by atoms with Gasteiger partial charge >= 0.3 is 0 Å². The van der Waals surface area contributed by atoms with E-state index in [9.17, 15) is 9.59 Å². The van der Waals surface area contributed by atoms with Gasteiger partial charge in [0, 0.05) is 12.6 Å². The zero-order valence-corrected chi connectivity index (χ0v) is 12.4. The molecular formula is C17H21NO3. The number of fused-ring (bicyclic) bond motifs is 1. The highest BCUT2D eigenvalue weighted by molar-refractivity contribution is 6.21.